The van der Waals surface area contributed by atoms with E-state index in [1.807, 2.05) is 12.1 Å². The van der Waals surface area contributed by atoms with E-state index in [0.29, 0.717) is 29.8 Å². The van der Waals surface area contributed by atoms with E-state index in [1.54, 1.807) is 10.4 Å². The fourth-order valence-corrected chi connectivity index (χ4v) is 8.55. The zero-order valence-corrected chi connectivity index (χ0v) is 22.9. The third-order valence-electron chi connectivity index (χ3n) is 9.19. The molecule has 38 heavy (non-hydrogen) atoms. The first kappa shape index (κ1) is 24.0. The topological polar surface area (TPSA) is 54.3 Å². The SMILES string of the molecule is CCn1c2ccccc2c2cc(C3Nc4ccc(S(=O)(=O)N5CCC(C)CC5)cc4C4C=CCC43)ccc21. The van der Waals surface area contributed by atoms with E-state index < -0.39 is 10.0 Å². The molecule has 0 saturated carbocycles. The second-order valence-electron chi connectivity index (χ2n) is 11.3. The van der Waals surface area contributed by atoms with Crippen LogP contribution in [0.15, 0.2) is 77.7 Å². The number of allylic oxidation sites excluding steroid dienone is 2. The molecule has 0 spiro atoms. The Morgan fingerprint density at radius 1 is 0.947 bits per heavy atom. The van der Waals surface area contributed by atoms with Gasteiger partial charge in [0.05, 0.1) is 10.9 Å². The fraction of sp³-hybridized carbons (Fsp3) is 0.375. The standard InChI is InChI=1S/C32H35N3O2S/c1-3-35-30-10-5-4-7-25(30)28-19-22(11-14-31(28)35)32-26-9-6-8-24(26)27-20-23(12-13-29(27)33-32)38(36,37)34-17-15-21(2)16-18-34/h4-8,10-14,19-21,24,26,32-33H,3,9,15-18H2,1-2H3. The van der Waals surface area contributed by atoms with E-state index in [9.17, 15) is 8.42 Å². The van der Waals surface area contributed by atoms with Crippen molar-refractivity contribution in [2.75, 3.05) is 18.4 Å². The molecule has 7 rings (SSSR count). The van der Waals surface area contributed by atoms with Gasteiger partial charge in [-0.25, -0.2) is 8.42 Å². The highest BCUT2D eigenvalue weighted by Gasteiger charge is 2.39. The minimum Gasteiger partial charge on any atom is -0.378 e. The van der Waals surface area contributed by atoms with Gasteiger partial charge in [0.15, 0.2) is 0 Å². The number of anilines is 1. The van der Waals surface area contributed by atoms with Gasteiger partial charge in [-0.15, -0.1) is 0 Å². The van der Waals surface area contributed by atoms with Crippen molar-refractivity contribution in [2.45, 2.75) is 56.5 Å². The zero-order valence-electron chi connectivity index (χ0n) is 22.1. The van der Waals surface area contributed by atoms with E-state index in [0.717, 1.165) is 37.1 Å². The molecule has 2 aliphatic heterocycles. The molecule has 1 fully saturated rings. The highest BCUT2D eigenvalue weighted by molar-refractivity contribution is 7.89. The number of hydrogen-bond acceptors (Lipinski definition) is 3. The van der Waals surface area contributed by atoms with Crippen LogP contribution in [0.3, 0.4) is 0 Å². The van der Waals surface area contributed by atoms with Gasteiger partial charge >= 0.3 is 0 Å². The minimum atomic E-state index is -3.48. The van der Waals surface area contributed by atoms with E-state index in [-0.39, 0.29) is 12.0 Å². The number of aromatic nitrogens is 1. The smallest absolute Gasteiger partial charge is 0.243 e. The summed E-state index contributed by atoms with van der Waals surface area (Å²) in [5.41, 5.74) is 6.00. The Morgan fingerprint density at radius 3 is 2.55 bits per heavy atom. The number of aryl methyl sites for hydroxylation is 1. The van der Waals surface area contributed by atoms with Crippen LogP contribution in [0.2, 0.25) is 0 Å². The summed E-state index contributed by atoms with van der Waals surface area (Å²) in [6.45, 7) is 6.58. The predicted octanol–water partition coefficient (Wildman–Crippen LogP) is 7.06. The molecule has 1 saturated heterocycles. The van der Waals surface area contributed by atoms with E-state index in [2.05, 4.69) is 78.3 Å². The third-order valence-corrected chi connectivity index (χ3v) is 11.1. The normalized spacial score (nSPS) is 24.0. The summed E-state index contributed by atoms with van der Waals surface area (Å²) in [6, 6.07) is 21.5. The Hall–Kier alpha value is -3.09. The van der Waals surface area contributed by atoms with Crippen LogP contribution in [-0.4, -0.2) is 30.4 Å². The van der Waals surface area contributed by atoms with Crippen molar-refractivity contribution in [3.63, 3.8) is 0 Å². The summed E-state index contributed by atoms with van der Waals surface area (Å²) in [6.07, 6.45) is 7.41. The van der Waals surface area contributed by atoms with Crippen LogP contribution >= 0.6 is 0 Å². The second kappa shape index (κ2) is 8.99. The van der Waals surface area contributed by atoms with Gasteiger partial charge in [-0.2, -0.15) is 4.31 Å². The van der Waals surface area contributed by atoms with Crippen LogP contribution in [-0.2, 0) is 16.6 Å². The number of nitrogens with zero attached hydrogens (tertiary/aromatic N) is 2. The lowest BCUT2D eigenvalue weighted by molar-refractivity contribution is 0.288. The highest BCUT2D eigenvalue weighted by atomic mass is 32.2. The van der Waals surface area contributed by atoms with Gasteiger partial charge in [-0.3, -0.25) is 0 Å². The van der Waals surface area contributed by atoms with Crippen LogP contribution < -0.4 is 5.32 Å². The van der Waals surface area contributed by atoms with Gasteiger partial charge in [0.2, 0.25) is 10.0 Å². The summed E-state index contributed by atoms with van der Waals surface area (Å²) >= 11 is 0. The van der Waals surface area contributed by atoms with Gasteiger partial charge in [-0.05, 0) is 85.5 Å². The molecule has 3 atom stereocenters. The molecule has 1 aliphatic carbocycles. The predicted molar refractivity (Wildman–Crippen MR) is 155 cm³/mol. The minimum absolute atomic E-state index is 0.168. The van der Waals surface area contributed by atoms with Gasteiger partial charge in [0.25, 0.3) is 0 Å². The summed E-state index contributed by atoms with van der Waals surface area (Å²) < 4.78 is 31.1. The first-order valence-corrected chi connectivity index (χ1v) is 15.5. The van der Waals surface area contributed by atoms with Gasteiger partial charge in [0.1, 0.15) is 0 Å². The molecule has 3 aromatic carbocycles. The molecule has 0 radical (unpaired) electrons. The van der Waals surface area contributed by atoms with Gasteiger partial charge in [-0.1, -0.05) is 43.3 Å². The maximum Gasteiger partial charge on any atom is 0.243 e. The Balaban J connectivity index is 1.26. The summed E-state index contributed by atoms with van der Waals surface area (Å²) in [7, 11) is -3.48. The van der Waals surface area contributed by atoms with Crippen LogP contribution in [0.25, 0.3) is 21.8 Å². The second-order valence-corrected chi connectivity index (χ2v) is 13.3. The summed E-state index contributed by atoms with van der Waals surface area (Å²) in [5.74, 6) is 1.15. The molecule has 196 valence electrons. The fourth-order valence-electron chi connectivity index (χ4n) is 7.04. The van der Waals surface area contributed by atoms with Crippen molar-refractivity contribution in [1.29, 1.82) is 0 Å². The van der Waals surface area contributed by atoms with Gasteiger partial charge < -0.3 is 9.88 Å². The maximum absolute atomic E-state index is 13.5. The van der Waals surface area contributed by atoms with Crippen molar-refractivity contribution in [1.82, 2.24) is 8.87 Å². The average molecular weight is 526 g/mol. The number of hydrogen-bond donors (Lipinski definition) is 1. The van der Waals surface area contributed by atoms with Crippen molar-refractivity contribution >= 4 is 37.5 Å². The Bertz CT molecular complexity index is 1680. The van der Waals surface area contributed by atoms with Crippen LogP contribution in [0.4, 0.5) is 5.69 Å². The lowest BCUT2D eigenvalue weighted by Crippen LogP contribution is -2.38. The number of para-hydroxylation sites is 1. The molecule has 5 nitrogen and oxygen atoms in total. The number of nitrogens with one attached hydrogen (secondary N) is 1. The molecule has 3 heterocycles. The molecule has 0 amide bonds. The molecule has 1 N–H and O–H groups in total. The van der Waals surface area contributed by atoms with Crippen LogP contribution in [0, 0.1) is 11.8 Å². The first-order valence-electron chi connectivity index (χ1n) is 14.0. The van der Waals surface area contributed by atoms with E-state index >= 15 is 0 Å². The molecule has 6 heteroatoms. The van der Waals surface area contributed by atoms with Crippen molar-refractivity contribution in [3.05, 3.63) is 83.9 Å². The van der Waals surface area contributed by atoms with E-state index in [1.165, 1.54) is 27.4 Å². The number of sulfonamides is 1. The Morgan fingerprint density at radius 2 is 1.74 bits per heavy atom. The molecular weight excluding hydrogens is 490 g/mol. The number of rotatable bonds is 4. The van der Waals surface area contributed by atoms with E-state index in [4.69, 9.17) is 0 Å². The molecule has 3 aliphatic rings. The molecular formula is C32H35N3O2S. The van der Waals surface area contributed by atoms with Crippen molar-refractivity contribution < 1.29 is 8.42 Å². The molecule has 4 aromatic rings. The maximum atomic E-state index is 13.5. The van der Waals surface area contributed by atoms with Crippen LogP contribution in [0.5, 0.6) is 0 Å². The first-order chi connectivity index (χ1) is 18.5. The van der Waals surface area contributed by atoms with Crippen molar-refractivity contribution in [3.8, 4) is 0 Å². The lowest BCUT2D eigenvalue weighted by Gasteiger charge is -2.38. The lowest BCUT2D eigenvalue weighted by atomic mass is 9.77. The third kappa shape index (κ3) is 3.64. The monoisotopic (exact) mass is 525 g/mol. The summed E-state index contributed by atoms with van der Waals surface area (Å²) in [5, 5.41) is 6.42. The quantitative estimate of drug-likeness (QED) is 0.290. The van der Waals surface area contributed by atoms with Gasteiger partial charge in [0, 0.05) is 53.0 Å². The number of fused-ring (bicyclic) bond motifs is 6. The average Bonchev–Trinajstić information content (AvgIpc) is 3.55. The van der Waals surface area contributed by atoms with Crippen LogP contribution in [0.1, 0.15) is 56.2 Å². The molecule has 3 unspecified atom stereocenters. The molecule has 1 aromatic heterocycles. The largest absolute Gasteiger partial charge is 0.378 e. The number of piperidine rings is 1. The molecule has 0 bridgehead atoms. The number of benzene rings is 3. The zero-order chi connectivity index (χ0) is 26.0. The van der Waals surface area contributed by atoms with Crippen molar-refractivity contribution in [2.24, 2.45) is 11.8 Å². The Kier molecular flexibility index (Phi) is 5.68. The summed E-state index contributed by atoms with van der Waals surface area (Å²) in [4.78, 5) is 0.430. The highest BCUT2D eigenvalue weighted by Crippen LogP contribution is 2.50. The Labute approximate surface area is 225 Å².